The van der Waals surface area contributed by atoms with Gasteiger partial charge in [0.05, 0.1) is 13.7 Å². The Kier molecular flexibility index (Phi) is 7.54. The van der Waals surface area contributed by atoms with Gasteiger partial charge in [0.25, 0.3) is 0 Å². The van der Waals surface area contributed by atoms with Crippen molar-refractivity contribution in [3.8, 4) is 11.5 Å². The fraction of sp³-hybridized carbons (Fsp3) is 0.500. The topological polar surface area (TPSA) is 18.5 Å². The molecule has 3 heteroatoms. The summed E-state index contributed by atoms with van der Waals surface area (Å²) < 4.78 is 11.5. The van der Waals surface area contributed by atoms with Crippen molar-refractivity contribution < 1.29 is 9.47 Å². The van der Waals surface area contributed by atoms with Gasteiger partial charge in [-0.3, -0.25) is 0 Å². The van der Waals surface area contributed by atoms with Gasteiger partial charge in [-0.15, -0.1) is 11.6 Å². The molecule has 2 rings (SSSR count). The summed E-state index contributed by atoms with van der Waals surface area (Å²) in [5, 5.41) is 2.24. The standard InChI is InChI=1S/C20H27ClO2/c1-16-9-10-17-18(15-16)20(12-11-19(17)22-2)23-14-8-6-4-3-5-7-13-21/h9-12,15H,3-8,13-14H2,1-2H3. The molecule has 0 fully saturated rings. The number of unbranched alkanes of at least 4 members (excludes halogenated alkanes) is 5. The summed E-state index contributed by atoms with van der Waals surface area (Å²) in [6, 6.07) is 10.4. The van der Waals surface area contributed by atoms with Crippen LogP contribution in [0.4, 0.5) is 0 Å². The van der Waals surface area contributed by atoms with Crippen molar-refractivity contribution in [1.82, 2.24) is 0 Å². The number of methoxy groups -OCH3 is 1. The third kappa shape index (κ3) is 5.31. The van der Waals surface area contributed by atoms with E-state index in [2.05, 4.69) is 25.1 Å². The number of hydrogen-bond donors (Lipinski definition) is 0. The maximum atomic E-state index is 6.02. The van der Waals surface area contributed by atoms with Crippen molar-refractivity contribution >= 4 is 22.4 Å². The monoisotopic (exact) mass is 334 g/mol. The smallest absolute Gasteiger partial charge is 0.127 e. The third-order valence-electron chi connectivity index (χ3n) is 4.10. The van der Waals surface area contributed by atoms with Gasteiger partial charge >= 0.3 is 0 Å². The van der Waals surface area contributed by atoms with Crippen molar-refractivity contribution in [2.45, 2.75) is 45.4 Å². The predicted octanol–water partition coefficient (Wildman–Crippen LogP) is 6.12. The zero-order chi connectivity index (χ0) is 16.5. The molecular weight excluding hydrogens is 308 g/mol. The summed E-state index contributed by atoms with van der Waals surface area (Å²) in [6.45, 7) is 2.87. The van der Waals surface area contributed by atoms with Crippen molar-refractivity contribution in [2.75, 3.05) is 19.6 Å². The van der Waals surface area contributed by atoms with Crippen LogP contribution >= 0.6 is 11.6 Å². The van der Waals surface area contributed by atoms with Gasteiger partial charge in [-0.2, -0.15) is 0 Å². The molecule has 0 unspecified atom stereocenters. The number of halogens is 1. The van der Waals surface area contributed by atoms with Crippen LogP contribution in [0.1, 0.15) is 44.1 Å². The quantitative estimate of drug-likeness (QED) is 0.385. The molecule has 2 aromatic rings. The lowest BCUT2D eigenvalue weighted by atomic mass is 10.1. The number of rotatable bonds is 10. The van der Waals surface area contributed by atoms with Crippen molar-refractivity contribution in [2.24, 2.45) is 0 Å². The zero-order valence-electron chi connectivity index (χ0n) is 14.2. The van der Waals surface area contributed by atoms with E-state index in [0.717, 1.165) is 47.6 Å². The number of ether oxygens (including phenoxy) is 2. The molecule has 0 heterocycles. The van der Waals surface area contributed by atoms with Crippen LogP contribution in [0.15, 0.2) is 30.3 Å². The van der Waals surface area contributed by atoms with Crippen LogP contribution in [0.25, 0.3) is 10.8 Å². The van der Waals surface area contributed by atoms with Crippen molar-refractivity contribution in [3.05, 3.63) is 35.9 Å². The molecule has 0 aliphatic carbocycles. The maximum Gasteiger partial charge on any atom is 0.127 e. The van der Waals surface area contributed by atoms with E-state index >= 15 is 0 Å². The fourth-order valence-electron chi connectivity index (χ4n) is 2.80. The summed E-state index contributed by atoms with van der Waals surface area (Å²) in [5.74, 6) is 2.63. The molecule has 0 saturated heterocycles. The zero-order valence-corrected chi connectivity index (χ0v) is 15.0. The highest BCUT2D eigenvalue weighted by atomic mass is 35.5. The Morgan fingerprint density at radius 2 is 1.52 bits per heavy atom. The summed E-state index contributed by atoms with van der Waals surface area (Å²) in [5.41, 5.74) is 1.23. The highest BCUT2D eigenvalue weighted by molar-refractivity contribution is 6.17. The molecule has 0 atom stereocenters. The molecule has 0 amide bonds. The van der Waals surface area contributed by atoms with E-state index in [9.17, 15) is 0 Å². The lowest BCUT2D eigenvalue weighted by Gasteiger charge is -2.12. The van der Waals surface area contributed by atoms with Crippen molar-refractivity contribution in [3.63, 3.8) is 0 Å². The lowest BCUT2D eigenvalue weighted by Crippen LogP contribution is -1.98. The molecule has 0 radical (unpaired) electrons. The molecule has 0 aromatic heterocycles. The Bertz CT molecular complexity index is 610. The van der Waals surface area contributed by atoms with Crippen molar-refractivity contribution in [1.29, 1.82) is 0 Å². The van der Waals surface area contributed by atoms with E-state index < -0.39 is 0 Å². The summed E-state index contributed by atoms with van der Waals surface area (Å²) in [4.78, 5) is 0. The third-order valence-corrected chi connectivity index (χ3v) is 4.36. The molecule has 23 heavy (non-hydrogen) atoms. The van der Waals surface area contributed by atoms with Gasteiger partial charge in [-0.25, -0.2) is 0 Å². The summed E-state index contributed by atoms with van der Waals surface area (Å²) in [7, 11) is 1.71. The number of aryl methyl sites for hydroxylation is 1. The minimum absolute atomic E-state index is 0.769. The Morgan fingerprint density at radius 3 is 2.26 bits per heavy atom. The Hall–Kier alpha value is -1.41. The van der Waals surface area contributed by atoms with Crippen LogP contribution in [-0.2, 0) is 0 Å². The van der Waals surface area contributed by atoms with Gasteiger partial charge < -0.3 is 9.47 Å². The summed E-state index contributed by atoms with van der Waals surface area (Å²) >= 11 is 5.68. The number of alkyl halides is 1. The van der Waals surface area contributed by atoms with E-state index in [-0.39, 0.29) is 0 Å². The molecule has 0 saturated carbocycles. The van der Waals surface area contributed by atoms with Crippen LogP contribution in [-0.4, -0.2) is 19.6 Å². The first kappa shape index (κ1) is 17.9. The normalized spacial score (nSPS) is 10.9. The molecule has 0 spiro atoms. The second kappa shape index (κ2) is 9.67. The van der Waals surface area contributed by atoms with E-state index in [4.69, 9.17) is 21.1 Å². The fourth-order valence-corrected chi connectivity index (χ4v) is 2.99. The van der Waals surface area contributed by atoms with Gasteiger partial charge in [0.15, 0.2) is 0 Å². The Balaban J connectivity index is 1.89. The molecule has 2 nitrogen and oxygen atoms in total. The summed E-state index contributed by atoms with van der Waals surface area (Å²) in [6.07, 6.45) is 7.23. The molecule has 126 valence electrons. The highest BCUT2D eigenvalue weighted by Gasteiger charge is 2.07. The largest absolute Gasteiger partial charge is 0.496 e. The first-order valence-electron chi connectivity index (χ1n) is 8.52. The SMILES string of the molecule is COc1ccc(OCCCCCCCCCl)c2cc(C)ccc12. The lowest BCUT2D eigenvalue weighted by molar-refractivity contribution is 0.307. The second-order valence-electron chi connectivity index (χ2n) is 5.97. The van der Waals surface area contributed by atoms with Crippen LogP contribution in [0.2, 0.25) is 0 Å². The minimum Gasteiger partial charge on any atom is -0.496 e. The van der Waals surface area contributed by atoms with Gasteiger partial charge in [-0.1, -0.05) is 43.4 Å². The maximum absolute atomic E-state index is 6.02. The average Bonchev–Trinajstić information content (AvgIpc) is 2.57. The van der Waals surface area contributed by atoms with E-state index in [1.807, 2.05) is 12.1 Å². The van der Waals surface area contributed by atoms with Gasteiger partial charge in [0.2, 0.25) is 0 Å². The Morgan fingerprint density at radius 1 is 0.826 bits per heavy atom. The van der Waals surface area contributed by atoms with E-state index in [1.165, 1.54) is 31.2 Å². The number of fused-ring (bicyclic) bond motifs is 1. The highest BCUT2D eigenvalue weighted by Crippen LogP contribution is 2.33. The minimum atomic E-state index is 0.769. The van der Waals surface area contributed by atoms with Gasteiger partial charge in [0, 0.05) is 16.7 Å². The predicted molar refractivity (Wildman–Crippen MR) is 99.2 cm³/mol. The first-order valence-corrected chi connectivity index (χ1v) is 9.06. The molecule has 0 N–H and O–H groups in total. The molecule has 0 aliphatic heterocycles. The van der Waals surface area contributed by atoms with Gasteiger partial charge in [-0.05, 0) is 38.0 Å². The molecular formula is C20H27ClO2. The molecule has 2 aromatic carbocycles. The van der Waals surface area contributed by atoms with Crippen LogP contribution in [0.3, 0.4) is 0 Å². The van der Waals surface area contributed by atoms with Crippen LogP contribution < -0.4 is 9.47 Å². The number of benzene rings is 2. The Labute approximate surface area is 144 Å². The van der Waals surface area contributed by atoms with E-state index in [0.29, 0.717) is 0 Å². The number of hydrogen-bond acceptors (Lipinski definition) is 2. The van der Waals surface area contributed by atoms with Crippen LogP contribution in [0.5, 0.6) is 11.5 Å². The van der Waals surface area contributed by atoms with E-state index in [1.54, 1.807) is 7.11 Å². The first-order chi connectivity index (χ1) is 11.3. The molecule has 0 aliphatic rings. The average molecular weight is 335 g/mol. The molecule has 0 bridgehead atoms. The second-order valence-corrected chi connectivity index (χ2v) is 6.35. The van der Waals surface area contributed by atoms with Gasteiger partial charge in [0.1, 0.15) is 11.5 Å². The van der Waals surface area contributed by atoms with Crippen LogP contribution in [0, 0.1) is 6.92 Å².